The number of phosphoric ester groups is 1. The minimum atomic E-state index is -4.82. The third-order valence-corrected chi connectivity index (χ3v) is 8.50. The fraction of sp³-hybridized carbons (Fsp3) is 0.591. The van der Waals surface area contributed by atoms with Crippen LogP contribution in [0.3, 0.4) is 0 Å². The Kier molecular flexibility index (Phi) is 35.7. The average Bonchev–Trinajstić information content (AvgIpc) is 3.14. The first kappa shape index (κ1) is 51.9. The number of unbranched alkanes of at least 4 members (excludes halogenated alkanes) is 10. The first-order valence-corrected chi connectivity index (χ1v) is 21.8. The van der Waals surface area contributed by atoms with Crippen LogP contribution in [0, 0.1) is 0 Å². The van der Waals surface area contributed by atoms with E-state index < -0.39 is 44.7 Å². The lowest BCUT2D eigenvalue weighted by molar-refractivity contribution is -0.161. The predicted octanol–water partition coefficient (Wildman–Crippen LogP) is 10.2. The predicted molar refractivity (Wildman–Crippen MR) is 223 cm³/mol. The van der Waals surface area contributed by atoms with E-state index in [-0.39, 0.29) is 19.4 Å². The van der Waals surface area contributed by atoms with Crippen molar-refractivity contribution < 1.29 is 48.2 Å². The highest BCUT2D eigenvalue weighted by molar-refractivity contribution is 7.46. The quantitative estimate of drug-likeness (QED) is 0.0160. The summed E-state index contributed by atoms with van der Waals surface area (Å²) >= 11 is 0. The van der Waals surface area contributed by atoms with E-state index >= 15 is 0 Å². The van der Waals surface area contributed by atoms with Crippen molar-refractivity contribution in [2.75, 3.05) is 13.2 Å². The van der Waals surface area contributed by atoms with Crippen LogP contribution in [0.2, 0.25) is 0 Å². The maximum Gasteiger partial charge on any atom is 0.469 e. The number of ether oxygens (including phenoxy) is 2. The molecule has 0 aliphatic rings. The third-order valence-electron chi connectivity index (χ3n) is 8.01. The molecule has 0 aliphatic carbocycles. The van der Waals surface area contributed by atoms with Gasteiger partial charge in [0.15, 0.2) is 6.10 Å². The van der Waals surface area contributed by atoms with Gasteiger partial charge in [-0.05, 0) is 70.6 Å². The summed E-state index contributed by atoms with van der Waals surface area (Å²) in [6, 6.07) is 0. The standard InChI is InChI=1S/C44H71O10P/c1-3-5-7-8-9-10-11-12-13-14-15-16-17-21-24-30-36-43(47)52-38-42(39-53-55(49,50)51)54-44(48)37-31-25-29-35-41(46)34-28-23-20-18-19-22-27-33-40(45)32-26-6-4-2/h6,9-10,12-13,19-20,22-23,26-29,33-35,40-42,45-46H,3-5,7-8,11,14-18,21,24-25,30-32,36-39H2,1-2H3,(H2,49,50,51)/b10-9-,13-12-,22-19-,23-20-,26-6-,33-27+,34-28+,35-29-/t40-,41-,42+/m0/s1. The van der Waals surface area contributed by atoms with Gasteiger partial charge in [-0.1, -0.05) is 150 Å². The Labute approximate surface area is 331 Å². The molecule has 0 bridgehead atoms. The van der Waals surface area contributed by atoms with Crippen molar-refractivity contribution in [3.8, 4) is 0 Å². The van der Waals surface area contributed by atoms with E-state index in [9.17, 15) is 24.4 Å². The second-order valence-corrected chi connectivity index (χ2v) is 14.5. The number of hydrogen-bond acceptors (Lipinski definition) is 8. The summed E-state index contributed by atoms with van der Waals surface area (Å²) in [4.78, 5) is 42.8. The van der Waals surface area contributed by atoms with E-state index in [2.05, 4.69) is 35.8 Å². The summed E-state index contributed by atoms with van der Waals surface area (Å²) in [6.45, 7) is 3.28. The fourth-order valence-corrected chi connectivity index (χ4v) is 5.33. The van der Waals surface area contributed by atoms with Crippen molar-refractivity contribution in [1.29, 1.82) is 0 Å². The van der Waals surface area contributed by atoms with E-state index in [1.807, 2.05) is 49.5 Å². The first-order chi connectivity index (χ1) is 26.6. The van der Waals surface area contributed by atoms with Crippen molar-refractivity contribution in [1.82, 2.24) is 0 Å². The van der Waals surface area contributed by atoms with Crippen LogP contribution in [0.4, 0.5) is 0 Å². The summed E-state index contributed by atoms with van der Waals surface area (Å²) in [5.74, 6) is -1.09. The van der Waals surface area contributed by atoms with Crippen LogP contribution >= 0.6 is 7.82 Å². The van der Waals surface area contributed by atoms with Crippen molar-refractivity contribution in [3.05, 3.63) is 97.2 Å². The molecule has 3 atom stereocenters. The van der Waals surface area contributed by atoms with Crippen LogP contribution in [-0.4, -0.2) is 63.5 Å². The fourth-order valence-electron chi connectivity index (χ4n) is 4.96. The Bertz CT molecular complexity index is 1240. The third kappa shape index (κ3) is 40.4. The molecule has 0 spiro atoms. The first-order valence-electron chi connectivity index (χ1n) is 20.3. The van der Waals surface area contributed by atoms with Crippen LogP contribution in [0.5, 0.6) is 0 Å². The Balaban J connectivity index is 4.25. The molecule has 11 heteroatoms. The number of carbonyl (C=O) groups excluding carboxylic acids is 2. The van der Waals surface area contributed by atoms with Crippen LogP contribution in [0.15, 0.2) is 97.2 Å². The molecule has 4 N–H and O–H groups in total. The van der Waals surface area contributed by atoms with Crippen molar-refractivity contribution >= 4 is 19.8 Å². The van der Waals surface area contributed by atoms with Crippen LogP contribution in [-0.2, 0) is 28.2 Å². The van der Waals surface area contributed by atoms with Gasteiger partial charge in [0.2, 0.25) is 0 Å². The summed E-state index contributed by atoms with van der Waals surface area (Å²) in [6.07, 6.45) is 44.8. The van der Waals surface area contributed by atoms with Gasteiger partial charge in [0.1, 0.15) is 6.61 Å². The number of aliphatic hydroxyl groups is 2. The number of allylic oxidation sites excluding steroid dienone is 12. The molecule has 0 saturated carbocycles. The number of hydrogen-bond donors (Lipinski definition) is 4. The second kappa shape index (κ2) is 37.8. The van der Waals surface area contributed by atoms with E-state index in [0.717, 1.165) is 51.4 Å². The van der Waals surface area contributed by atoms with E-state index in [4.69, 9.17) is 19.3 Å². The zero-order valence-corrected chi connectivity index (χ0v) is 34.4. The molecule has 0 aliphatic heterocycles. The monoisotopic (exact) mass is 790 g/mol. The normalized spacial score (nSPS) is 14.7. The molecular formula is C44H71O10P. The Morgan fingerprint density at radius 1 is 0.600 bits per heavy atom. The lowest BCUT2D eigenvalue weighted by Gasteiger charge is -2.18. The second-order valence-electron chi connectivity index (χ2n) is 13.3. The van der Waals surface area contributed by atoms with Gasteiger partial charge in [-0.2, -0.15) is 0 Å². The smallest absolute Gasteiger partial charge is 0.462 e. The number of rotatable bonds is 35. The molecule has 55 heavy (non-hydrogen) atoms. The van der Waals surface area contributed by atoms with Gasteiger partial charge in [-0.3, -0.25) is 14.1 Å². The molecular weight excluding hydrogens is 719 g/mol. The molecule has 10 nitrogen and oxygen atoms in total. The maximum atomic E-state index is 12.4. The Morgan fingerprint density at radius 3 is 1.87 bits per heavy atom. The molecule has 0 aromatic rings. The van der Waals surface area contributed by atoms with E-state index in [1.54, 1.807) is 30.4 Å². The molecule has 0 aromatic heterocycles. The van der Waals surface area contributed by atoms with Gasteiger partial charge in [0, 0.05) is 12.8 Å². The molecule has 312 valence electrons. The molecule has 0 fully saturated rings. The highest BCUT2D eigenvalue weighted by atomic mass is 31.2. The van der Waals surface area contributed by atoms with Crippen molar-refractivity contribution in [3.63, 3.8) is 0 Å². The van der Waals surface area contributed by atoms with Gasteiger partial charge >= 0.3 is 19.8 Å². The Morgan fingerprint density at radius 2 is 1.20 bits per heavy atom. The molecule has 0 saturated heterocycles. The molecule has 0 unspecified atom stereocenters. The summed E-state index contributed by atoms with van der Waals surface area (Å²) in [5.41, 5.74) is 0. The molecule has 0 radical (unpaired) electrons. The number of carbonyl (C=O) groups is 2. The molecule has 0 heterocycles. The lowest BCUT2D eigenvalue weighted by atomic mass is 10.1. The van der Waals surface area contributed by atoms with Crippen LogP contribution in [0.25, 0.3) is 0 Å². The number of aliphatic hydroxyl groups excluding tert-OH is 2. The lowest BCUT2D eigenvalue weighted by Crippen LogP contribution is -2.29. The van der Waals surface area contributed by atoms with Crippen molar-refractivity contribution in [2.24, 2.45) is 0 Å². The molecule has 0 aromatic carbocycles. The maximum absolute atomic E-state index is 12.4. The number of phosphoric acid groups is 1. The van der Waals surface area contributed by atoms with Gasteiger partial charge in [0.05, 0.1) is 18.8 Å². The average molecular weight is 791 g/mol. The number of esters is 2. The van der Waals surface area contributed by atoms with Gasteiger partial charge in [-0.15, -0.1) is 0 Å². The van der Waals surface area contributed by atoms with Gasteiger partial charge in [-0.25, -0.2) is 4.57 Å². The van der Waals surface area contributed by atoms with E-state index in [0.29, 0.717) is 32.1 Å². The highest BCUT2D eigenvalue weighted by Crippen LogP contribution is 2.36. The zero-order chi connectivity index (χ0) is 40.7. The van der Waals surface area contributed by atoms with Crippen LogP contribution in [0.1, 0.15) is 136 Å². The largest absolute Gasteiger partial charge is 0.469 e. The zero-order valence-electron chi connectivity index (χ0n) is 33.5. The topological polar surface area (TPSA) is 160 Å². The minimum absolute atomic E-state index is 0.0176. The summed E-state index contributed by atoms with van der Waals surface area (Å²) < 4.78 is 26.2. The minimum Gasteiger partial charge on any atom is -0.462 e. The van der Waals surface area contributed by atoms with Gasteiger partial charge < -0.3 is 29.5 Å². The highest BCUT2D eigenvalue weighted by Gasteiger charge is 2.22. The van der Waals surface area contributed by atoms with E-state index in [1.165, 1.54) is 25.7 Å². The summed E-state index contributed by atoms with van der Waals surface area (Å²) in [7, 11) is -4.82. The molecule has 0 amide bonds. The molecule has 0 rings (SSSR count). The van der Waals surface area contributed by atoms with Crippen molar-refractivity contribution in [2.45, 2.75) is 154 Å². The van der Waals surface area contributed by atoms with Crippen LogP contribution < -0.4 is 0 Å². The summed E-state index contributed by atoms with van der Waals surface area (Å²) in [5, 5.41) is 19.9. The SMILES string of the molecule is CC/C=C\C[C@H](O)/C=C/C=C\C/C=C\C=C\[C@H](O)/C=C\CCCC(=O)O[C@H](COC(=O)CCCCCCCC/C=C\C/C=C\CCCCC)COP(=O)(O)O. The van der Waals surface area contributed by atoms with Gasteiger partial charge in [0.25, 0.3) is 0 Å². The Hall–Kier alpha value is -3.11.